The third kappa shape index (κ3) is 6.07. The molecule has 3 heterocycles. The number of hydrogen-bond donors (Lipinski definition) is 3. The van der Waals surface area contributed by atoms with E-state index < -0.39 is 29.3 Å². The first kappa shape index (κ1) is 26.9. The number of fused-ring (bicyclic) bond motifs is 1. The number of pyridine rings is 1. The SMILES string of the molecule is CC(C)(C)OC(=O)N(c1c(Br)cnc2[nH]cc(NC(=O)c3cccc(C(F)(F)F)c3)c12)[C@@H]1CCCNC1. The number of aromatic nitrogens is 2. The van der Waals surface area contributed by atoms with Crippen molar-refractivity contribution >= 4 is 50.3 Å². The Hall–Kier alpha value is -3.12. The second-order valence-corrected chi connectivity index (χ2v) is 10.6. The smallest absolute Gasteiger partial charge is 0.416 e. The van der Waals surface area contributed by atoms with Gasteiger partial charge in [0.2, 0.25) is 0 Å². The number of ether oxygens (including phenoxy) is 1. The van der Waals surface area contributed by atoms with Crippen molar-refractivity contribution in [2.45, 2.75) is 51.4 Å². The summed E-state index contributed by atoms with van der Waals surface area (Å²) in [4.78, 5) is 35.4. The minimum absolute atomic E-state index is 0.158. The number of nitrogens with zero attached hydrogens (tertiary/aromatic N) is 2. The molecule has 3 N–H and O–H groups in total. The Balaban J connectivity index is 1.78. The van der Waals surface area contributed by atoms with E-state index in [2.05, 4.69) is 36.5 Å². The Morgan fingerprint density at radius 1 is 1.24 bits per heavy atom. The highest BCUT2D eigenvalue weighted by Gasteiger charge is 2.35. The zero-order valence-corrected chi connectivity index (χ0v) is 22.1. The molecule has 0 spiro atoms. The van der Waals surface area contributed by atoms with Crippen molar-refractivity contribution in [1.82, 2.24) is 15.3 Å². The van der Waals surface area contributed by atoms with Gasteiger partial charge < -0.3 is 20.4 Å². The molecule has 198 valence electrons. The summed E-state index contributed by atoms with van der Waals surface area (Å²) in [5, 5.41) is 6.40. The molecule has 3 aromatic rings. The van der Waals surface area contributed by atoms with E-state index in [0.29, 0.717) is 27.7 Å². The van der Waals surface area contributed by atoms with Crippen LogP contribution in [0.5, 0.6) is 0 Å². The number of benzene rings is 1. The van der Waals surface area contributed by atoms with Crippen LogP contribution in [0.2, 0.25) is 0 Å². The Bertz CT molecular complexity index is 1310. The number of aromatic amines is 1. The van der Waals surface area contributed by atoms with Crippen LogP contribution in [0.3, 0.4) is 0 Å². The van der Waals surface area contributed by atoms with Gasteiger partial charge in [-0.05, 0) is 74.3 Å². The normalized spacial score (nSPS) is 16.5. The van der Waals surface area contributed by atoms with Crippen molar-refractivity contribution in [2.75, 3.05) is 23.3 Å². The first-order valence-electron chi connectivity index (χ1n) is 11.7. The van der Waals surface area contributed by atoms with Crippen LogP contribution < -0.4 is 15.5 Å². The van der Waals surface area contributed by atoms with Crippen LogP contribution in [0, 0.1) is 0 Å². The largest absolute Gasteiger partial charge is 0.443 e. The molecule has 8 nitrogen and oxygen atoms in total. The minimum Gasteiger partial charge on any atom is -0.443 e. The molecule has 1 saturated heterocycles. The predicted molar refractivity (Wildman–Crippen MR) is 138 cm³/mol. The summed E-state index contributed by atoms with van der Waals surface area (Å²) in [6.45, 7) is 6.68. The van der Waals surface area contributed by atoms with Crippen LogP contribution >= 0.6 is 15.9 Å². The van der Waals surface area contributed by atoms with E-state index in [4.69, 9.17) is 4.74 Å². The molecule has 2 aromatic heterocycles. The maximum Gasteiger partial charge on any atom is 0.416 e. The van der Waals surface area contributed by atoms with Crippen LogP contribution in [0.25, 0.3) is 11.0 Å². The standard InChI is InChI=1S/C25H27BrF3N5O3/c1-24(2,3)37-23(36)34(16-8-5-9-30-11-16)20-17(26)12-31-21-19(20)18(13-32-21)33-22(35)14-6-4-7-15(10-14)25(27,28)29/h4,6-7,10,12-13,16,30H,5,8-9,11H2,1-3H3,(H,31,32)(H,33,35)/t16-/m1/s1. The van der Waals surface area contributed by atoms with E-state index >= 15 is 0 Å². The quantitative estimate of drug-likeness (QED) is 0.346. The molecular formula is C25H27BrF3N5O3. The number of halogens is 4. The highest BCUT2D eigenvalue weighted by molar-refractivity contribution is 9.10. The third-order valence-corrected chi connectivity index (χ3v) is 6.38. The lowest BCUT2D eigenvalue weighted by molar-refractivity contribution is -0.137. The number of amides is 2. The summed E-state index contributed by atoms with van der Waals surface area (Å²) in [6.07, 6.45) is -0.543. The fraction of sp³-hybridized carbons (Fsp3) is 0.400. The fourth-order valence-corrected chi connectivity index (χ4v) is 4.70. The molecule has 1 aromatic carbocycles. The number of nitrogens with one attached hydrogen (secondary N) is 3. The zero-order valence-electron chi connectivity index (χ0n) is 20.5. The molecule has 1 aliphatic rings. The van der Waals surface area contributed by atoms with Crippen molar-refractivity contribution in [3.63, 3.8) is 0 Å². The molecule has 4 rings (SSSR count). The number of piperidine rings is 1. The van der Waals surface area contributed by atoms with Gasteiger partial charge in [0.25, 0.3) is 5.91 Å². The minimum atomic E-state index is -4.58. The molecule has 1 aliphatic heterocycles. The zero-order chi connectivity index (χ0) is 27.0. The van der Waals surface area contributed by atoms with Crippen molar-refractivity contribution < 1.29 is 27.5 Å². The van der Waals surface area contributed by atoms with Crippen molar-refractivity contribution in [3.8, 4) is 0 Å². The first-order valence-corrected chi connectivity index (χ1v) is 12.5. The first-order chi connectivity index (χ1) is 17.3. The van der Waals surface area contributed by atoms with Gasteiger partial charge in [-0.3, -0.25) is 9.69 Å². The number of rotatable bonds is 4. The molecule has 0 saturated carbocycles. The van der Waals surface area contributed by atoms with E-state index in [1.165, 1.54) is 18.3 Å². The molecular weight excluding hydrogens is 555 g/mol. The summed E-state index contributed by atoms with van der Waals surface area (Å²) in [6, 6.07) is 3.93. The van der Waals surface area contributed by atoms with Gasteiger partial charge in [-0.2, -0.15) is 13.2 Å². The molecule has 12 heteroatoms. The van der Waals surface area contributed by atoms with Crippen LogP contribution in [0.1, 0.15) is 49.5 Å². The molecule has 37 heavy (non-hydrogen) atoms. The van der Waals surface area contributed by atoms with E-state index in [1.807, 2.05) is 0 Å². The fourth-order valence-electron chi connectivity index (χ4n) is 4.21. The lowest BCUT2D eigenvalue weighted by Gasteiger charge is -2.36. The molecule has 1 fully saturated rings. The summed E-state index contributed by atoms with van der Waals surface area (Å²) in [7, 11) is 0. The van der Waals surface area contributed by atoms with Gasteiger partial charge >= 0.3 is 12.3 Å². The Morgan fingerprint density at radius 2 is 2.00 bits per heavy atom. The molecule has 0 bridgehead atoms. The van der Waals surface area contributed by atoms with Crippen LogP contribution in [0.15, 0.2) is 41.1 Å². The lowest BCUT2D eigenvalue weighted by atomic mass is 10.0. The maximum absolute atomic E-state index is 13.5. The van der Waals surface area contributed by atoms with Gasteiger partial charge in [-0.15, -0.1) is 0 Å². The monoisotopic (exact) mass is 581 g/mol. The van der Waals surface area contributed by atoms with Crippen molar-refractivity contribution in [2.24, 2.45) is 0 Å². The Kier molecular flexibility index (Phi) is 7.52. The second kappa shape index (κ2) is 10.3. The summed E-state index contributed by atoms with van der Waals surface area (Å²) < 4.78 is 45.7. The van der Waals surface area contributed by atoms with Crippen LogP contribution in [0.4, 0.5) is 29.3 Å². The number of hydrogen-bond acceptors (Lipinski definition) is 5. The van der Waals surface area contributed by atoms with Crippen molar-refractivity contribution in [3.05, 3.63) is 52.3 Å². The van der Waals surface area contributed by atoms with E-state index in [-0.39, 0.29) is 17.3 Å². The number of carbonyl (C=O) groups is 2. The molecule has 1 atom stereocenters. The third-order valence-electron chi connectivity index (χ3n) is 5.80. The maximum atomic E-state index is 13.5. The number of carbonyl (C=O) groups excluding carboxylic acids is 2. The van der Waals surface area contributed by atoms with Gasteiger partial charge in [0.1, 0.15) is 11.2 Å². The predicted octanol–water partition coefficient (Wildman–Crippen LogP) is 6.09. The molecule has 0 radical (unpaired) electrons. The summed E-state index contributed by atoms with van der Waals surface area (Å²) >= 11 is 3.51. The van der Waals surface area contributed by atoms with Gasteiger partial charge in [0.15, 0.2) is 0 Å². The van der Waals surface area contributed by atoms with E-state index in [0.717, 1.165) is 31.5 Å². The summed E-state index contributed by atoms with van der Waals surface area (Å²) in [5.74, 6) is -0.735. The van der Waals surface area contributed by atoms with Crippen LogP contribution in [-0.4, -0.2) is 46.7 Å². The Morgan fingerprint density at radius 3 is 2.65 bits per heavy atom. The van der Waals surface area contributed by atoms with Gasteiger partial charge in [0.05, 0.1) is 32.8 Å². The molecule has 0 unspecified atom stereocenters. The summed E-state index contributed by atoms with van der Waals surface area (Å²) in [5.41, 5.74) is -0.754. The van der Waals surface area contributed by atoms with Gasteiger partial charge in [-0.1, -0.05) is 6.07 Å². The van der Waals surface area contributed by atoms with Crippen LogP contribution in [-0.2, 0) is 10.9 Å². The van der Waals surface area contributed by atoms with E-state index in [1.54, 1.807) is 31.9 Å². The van der Waals surface area contributed by atoms with Gasteiger partial charge in [0, 0.05) is 24.5 Å². The average Bonchev–Trinajstić information content (AvgIpc) is 3.22. The number of alkyl halides is 3. The second-order valence-electron chi connectivity index (χ2n) is 9.76. The Labute approximate surface area is 220 Å². The highest BCUT2D eigenvalue weighted by Crippen LogP contribution is 2.40. The highest BCUT2D eigenvalue weighted by atomic mass is 79.9. The number of anilines is 2. The topological polar surface area (TPSA) is 99.3 Å². The van der Waals surface area contributed by atoms with E-state index in [9.17, 15) is 22.8 Å². The molecule has 2 amide bonds. The average molecular weight is 582 g/mol. The molecule has 0 aliphatic carbocycles. The van der Waals surface area contributed by atoms with Crippen molar-refractivity contribution in [1.29, 1.82) is 0 Å². The number of H-pyrrole nitrogens is 1. The van der Waals surface area contributed by atoms with Gasteiger partial charge in [-0.25, -0.2) is 9.78 Å². The lowest BCUT2D eigenvalue weighted by Crippen LogP contribution is -2.50.